The van der Waals surface area contributed by atoms with E-state index in [1.54, 1.807) is 4.57 Å². The molecule has 1 fully saturated rings. The van der Waals surface area contributed by atoms with Crippen LogP contribution in [-0.2, 0) is 11.2 Å². The predicted octanol–water partition coefficient (Wildman–Crippen LogP) is 4.38. The van der Waals surface area contributed by atoms with E-state index >= 15 is 0 Å². The van der Waals surface area contributed by atoms with E-state index in [0.29, 0.717) is 22.2 Å². The molecule has 2 aromatic carbocycles. The lowest BCUT2D eigenvalue weighted by atomic mass is 9.86. The van der Waals surface area contributed by atoms with Crippen LogP contribution in [-0.4, -0.2) is 36.9 Å². The van der Waals surface area contributed by atoms with Gasteiger partial charge in [-0.05, 0) is 55.0 Å². The number of carbonyl (C=O) groups excluding carboxylic acids is 1. The molecule has 34 heavy (non-hydrogen) atoms. The minimum absolute atomic E-state index is 0.00767. The number of nitrogens with one attached hydrogen (secondary N) is 1. The van der Waals surface area contributed by atoms with E-state index in [2.05, 4.69) is 29.4 Å². The van der Waals surface area contributed by atoms with Gasteiger partial charge in [0, 0.05) is 6.04 Å². The second-order valence-electron chi connectivity index (χ2n) is 9.02. The summed E-state index contributed by atoms with van der Waals surface area (Å²) in [7, 11) is 0. The summed E-state index contributed by atoms with van der Waals surface area (Å²) in [6.07, 6.45) is 5.54. The molecule has 1 saturated carbocycles. The number of aromatic nitrogens is 4. The normalized spacial score (nSPS) is 18.4. The van der Waals surface area contributed by atoms with Crippen LogP contribution >= 0.6 is 11.8 Å². The van der Waals surface area contributed by atoms with E-state index in [-0.39, 0.29) is 23.3 Å². The number of thioether (sulfide) groups is 1. The first-order valence-electron chi connectivity index (χ1n) is 12.0. The van der Waals surface area contributed by atoms with Crippen molar-refractivity contribution in [2.45, 2.75) is 57.1 Å². The maximum absolute atomic E-state index is 13.4. The number of hydrogen-bond donors (Lipinski definition) is 1. The lowest BCUT2D eigenvalue weighted by Gasteiger charge is -2.29. The Morgan fingerprint density at radius 1 is 1.09 bits per heavy atom. The molecule has 1 amide bonds. The smallest absolute Gasteiger partial charge is 0.267 e. The predicted molar refractivity (Wildman–Crippen MR) is 136 cm³/mol. The number of nitrogens with zero attached hydrogens (tertiary/aromatic N) is 4. The fourth-order valence-electron chi connectivity index (χ4n) is 4.79. The van der Waals surface area contributed by atoms with Crippen LogP contribution in [0.4, 0.5) is 0 Å². The third kappa shape index (κ3) is 4.22. The van der Waals surface area contributed by atoms with E-state index in [1.165, 1.54) is 30.2 Å². The number of aryl methyl sites for hydroxylation is 1. The van der Waals surface area contributed by atoms with Crippen molar-refractivity contribution in [1.82, 2.24) is 24.5 Å². The van der Waals surface area contributed by atoms with Gasteiger partial charge < -0.3 is 5.32 Å². The number of carbonyl (C=O) groups is 1. The Morgan fingerprint density at radius 3 is 2.62 bits per heavy atom. The highest BCUT2D eigenvalue weighted by molar-refractivity contribution is 7.99. The minimum atomic E-state index is -0.139. The maximum atomic E-state index is 13.4. The van der Waals surface area contributed by atoms with Crippen LogP contribution in [0.1, 0.15) is 45.1 Å². The van der Waals surface area contributed by atoms with E-state index in [1.807, 2.05) is 52.9 Å². The fourth-order valence-corrected chi connectivity index (χ4v) is 5.55. The van der Waals surface area contributed by atoms with Gasteiger partial charge in [0.15, 0.2) is 5.16 Å². The molecule has 0 aliphatic heterocycles. The molecule has 176 valence electrons. The lowest BCUT2D eigenvalue weighted by Crippen LogP contribution is -2.41. The third-order valence-electron chi connectivity index (χ3n) is 6.79. The van der Waals surface area contributed by atoms with Gasteiger partial charge in [-0.2, -0.15) is 0 Å². The third-order valence-corrected chi connectivity index (χ3v) is 7.72. The molecule has 0 spiro atoms. The number of rotatable bonds is 6. The molecule has 0 radical (unpaired) electrons. The Bertz CT molecular complexity index is 1390. The fraction of sp³-hybridized carbons (Fsp3) is 0.385. The van der Waals surface area contributed by atoms with Crippen molar-refractivity contribution in [2.75, 3.05) is 5.75 Å². The van der Waals surface area contributed by atoms with Gasteiger partial charge in [-0.25, -0.2) is 4.57 Å². The maximum Gasteiger partial charge on any atom is 0.267 e. The standard InChI is InChI=1S/C26H29N5O2S/c1-3-18-12-14-19(15-13-18)30-24(33)20-9-5-7-11-22(20)31-25(30)28-29-26(31)34-16-23(32)27-21-10-6-4-8-17(21)2/h5,7,9,11-15,17,21H,3-4,6,8,10,16H2,1-2H3,(H,27,32). The zero-order chi connectivity index (χ0) is 23.7. The molecule has 1 N–H and O–H groups in total. The van der Waals surface area contributed by atoms with Crippen LogP contribution in [0.3, 0.4) is 0 Å². The lowest BCUT2D eigenvalue weighted by molar-refractivity contribution is -0.119. The van der Waals surface area contributed by atoms with Crippen molar-refractivity contribution in [2.24, 2.45) is 5.92 Å². The highest BCUT2D eigenvalue weighted by Crippen LogP contribution is 2.25. The molecule has 0 bridgehead atoms. The molecular weight excluding hydrogens is 446 g/mol. The first kappa shape index (κ1) is 22.7. The summed E-state index contributed by atoms with van der Waals surface area (Å²) >= 11 is 1.35. The summed E-state index contributed by atoms with van der Waals surface area (Å²) in [6, 6.07) is 15.6. The van der Waals surface area contributed by atoms with Crippen LogP contribution in [0.5, 0.6) is 0 Å². The molecule has 1 aliphatic rings. The van der Waals surface area contributed by atoms with Crippen LogP contribution in [0.25, 0.3) is 22.4 Å². The number of benzene rings is 2. The van der Waals surface area contributed by atoms with E-state index in [9.17, 15) is 9.59 Å². The number of hydrogen-bond acceptors (Lipinski definition) is 5. The largest absolute Gasteiger partial charge is 0.352 e. The second-order valence-corrected chi connectivity index (χ2v) is 9.96. The van der Waals surface area contributed by atoms with Crippen molar-refractivity contribution >= 4 is 34.3 Å². The monoisotopic (exact) mass is 475 g/mol. The minimum Gasteiger partial charge on any atom is -0.352 e. The first-order chi connectivity index (χ1) is 16.6. The summed E-state index contributed by atoms with van der Waals surface area (Å²) in [5, 5.41) is 13.1. The van der Waals surface area contributed by atoms with Gasteiger partial charge in [0.2, 0.25) is 11.7 Å². The van der Waals surface area contributed by atoms with E-state index in [0.717, 1.165) is 30.5 Å². The summed E-state index contributed by atoms with van der Waals surface area (Å²) in [4.78, 5) is 26.1. The van der Waals surface area contributed by atoms with Crippen LogP contribution < -0.4 is 10.9 Å². The summed E-state index contributed by atoms with van der Waals surface area (Å²) < 4.78 is 3.48. The average molecular weight is 476 g/mol. The zero-order valence-corrected chi connectivity index (χ0v) is 20.3. The molecule has 2 unspecified atom stereocenters. The molecular formula is C26H29N5O2S. The van der Waals surface area contributed by atoms with Gasteiger partial charge in [0.05, 0.1) is 22.3 Å². The molecule has 4 aromatic rings. The summed E-state index contributed by atoms with van der Waals surface area (Å²) in [5.74, 6) is 1.21. The van der Waals surface area contributed by atoms with Crippen LogP contribution in [0.15, 0.2) is 58.5 Å². The highest BCUT2D eigenvalue weighted by atomic mass is 32.2. The van der Waals surface area contributed by atoms with Gasteiger partial charge in [0.1, 0.15) is 0 Å². The Morgan fingerprint density at radius 2 is 1.85 bits per heavy atom. The molecule has 5 rings (SSSR count). The van der Waals surface area contributed by atoms with Crippen molar-refractivity contribution < 1.29 is 4.79 Å². The summed E-state index contributed by atoms with van der Waals surface area (Å²) in [5.41, 5.74) is 2.54. The Hall–Kier alpha value is -3.13. The Kier molecular flexibility index (Phi) is 6.41. The van der Waals surface area contributed by atoms with Crippen LogP contribution in [0, 0.1) is 5.92 Å². The molecule has 2 aromatic heterocycles. The van der Waals surface area contributed by atoms with Crippen molar-refractivity contribution in [1.29, 1.82) is 0 Å². The van der Waals surface area contributed by atoms with Gasteiger partial charge in [-0.1, -0.05) is 62.7 Å². The summed E-state index contributed by atoms with van der Waals surface area (Å²) in [6.45, 7) is 4.31. The highest BCUT2D eigenvalue weighted by Gasteiger charge is 2.23. The number of fused-ring (bicyclic) bond motifs is 3. The van der Waals surface area contributed by atoms with Gasteiger partial charge in [-0.15, -0.1) is 10.2 Å². The van der Waals surface area contributed by atoms with Crippen LogP contribution in [0.2, 0.25) is 0 Å². The topological polar surface area (TPSA) is 81.3 Å². The first-order valence-corrected chi connectivity index (χ1v) is 13.0. The molecule has 2 heterocycles. The van der Waals surface area contributed by atoms with E-state index < -0.39 is 0 Å². The zero-order valence-electron chi connectivity index (χ0n) is 19.5. The van der Waals surface area contributed by atoms with Gasteiger partial charge >= 0.3 is 0 Å². The molecule has 1 aliphatic carbocycles. The van der Waals surface area contributed by atoms with Crippen molar-refractivity contribution in [3.8, 4) is 5.69 Å². The quantitative estimate of drug-likeness (QED) is 0.419. The average Bonchev–Trinajstić information content (AvgIpc) is 3.28. The molecule has 0 saturated heterocycles. The Balaban J connectivity index is 1.51. The van der Waals surface area contributed by atoms with Crippen molar-refractivity contribution in [3.63, 3.8) is 0 Å². The van der Waals surface area contributed by atoms with Gasteiger partial charge in [0.25, 0.3) is 5.56 Å². The van der Waals surface area contributed by atoms with Crippen molar-refractivity contribution in [3.05, 3.63) is 64.4 Å². The Labute approximate surface area is 202 Å². The molecule has 2 atom stereocenters. The molecule has 7 nitrogen and oxygen atoms in total. The molecule has 8 heteroatoms. The SMILES string of the molecule is CCc1ccc(-n2c(=O)c3ccccc3n3c(SCC(=O)NC4CCCCC4C)nnc23)cc1. The number of para-hydroxylation sites is 1. The number of amides is 1. The van der Waals surface area contributed by atoms with E-state index in [4.69, 9.17) is 0 Å². The second kappa shape index (κ2) is 9.62. The van der Waals surface area contributed by atoms with Gasteiger partial charge in [-0.3, -0.25) is 14.0 Å².